The molecule has 3 rings (SSSR count). The smallest absolute Gasteiger partial charge is 0.314 e. The van der Waals surface area contributed by atoms with Gasteiger partial charge in [0.15, 0.2) is 0 Å². The molecule has 1 aromatic carbocycles. The number of carboxylic acids is 1. The van der Waals surface area contributed by atoms with Crippen molar-refractivity contribution in [3.05, 3.63) is 35.8 Å². The predicted octanol–water partition coefficient (Wildman–Crippen LogP) is 3.59. The van der Waals surface area contributed by atoms with E-state index in [4.69, 9.17) is 0 Å². The molecule has 0 amide bonds. The number of benzene rings is 1. The van der Waals surface area contributed by atoms with E-state index in [9.17, 15) is 14.3 Å². The van der Waals surface area contributed by atoms with Crippen LogP contribution >= 0.6 is 0 Å². The molecule has 1 aromatic heterocycles. The van der Waals surface area contributed by atoms with Gasteiger partial charge in [-0.15, -0.1) is 0 Å². The number of fused-ring (bicyclic) bond motifs is 1. The van der Waals surface area contributed by atoms with Crippen LogP contribution < -0.4 is 0 Å². The second-order valence-electron chi connectivity index (χ2n) is 5.34. The van der Waals surface area contributed by atoms with Crippen LogP contribution in [0.2, 0.25) is 0 Å². The molecule has 0 saturated heterocycles. The van der Waals surface area contributed by atoms with Gasteiger partial charge in [0.25, 0.3) is 0 Å². The third-order valence-corrected chi connectivity index (χ3v) is 4.27. The molecule has 19 heavy (non-hydrogen) atoms. The Balaban J connectivity index is 2.19. The lowest BCUT2D eigenvalue weighted by atomic mass is 9.69. The highest BCUT2D eigenvalue weighted by atomic mass is 19.1. The van der Waals surface area contributed by atoms with E-state index in [-0.39, 0.29) is 0 Å². The molecule has 0 spiro atoms. The van der Waals surface area contributed by atoms with E-state index in [1.54, 1.807) is 18.3 Å². The van der Waals surface area contributed by atoms with E-state index in [1.807, 2.05) is 0 Å². The second kappa shape index (κ2) is 4.37. The molecule has 3 nitrogen and oxygen atoms in total. The van der Waals surface area contributed by atoms with E-state index in [0.717, 1.165) is 30.2 Å². The van der Waals surface area contributed by atoms with Crippen LogP contribution in [0.25, 0.3) is 10.9 Å². The molecule has 0 atom stereocenters. The van der Waals surface area contributed by atoms with E-state index in [1.165, 1.54) is 6.07 Å². The normalized spacial score (nSPS) is 18.6. The van der Waals surface area contributed by atoms with Crippen molar-refractivity contribution in [1.29, 1.82) is 0 Å². The van der Waals surface area contributed by atoms with Gasteiger partial charge in [0, 0.05) is 22.7 Å². The first-order valence-electron chi connectivity index (χ1n) is 6.64. The summed E-state index contributed by atoms with van der Waals surface area (Å²) in [6.45, 7) is 0. The molecule has 1 fully saturated rings. The average molecular weight is 261 g/mol. The average Bonchev–Trinajstić information content (AvgIpc) is 2.85. The third-order valence-electron chi connectivity index (χ3n) is 4.27. The van der Waals surface area contributed by atoms with Crippen molar-refractivity contribution < 1.29 is 14.3 Å². The summed E-state index contributed by atoms with van der Waals surface area (Å²) >= 11 is 0. The van der Waals surface area contributed by atoms with Gasteiger partial charge in [0.1, 0.15) is 5.82 Å². The fourth-order valence-corrected chi connectivity index (χ4v) is 3.19. The minimum Gasteiger partial charge on any atom is -0.481 e. The van der Waals surface area contributed by atoms with Crippen LogP contribution in [0.15, 0.2) is 24.4 Å². The Kier molecular flexibility index (Phi) is 2.81. The van der Waals surface area contributed by atoms with Gasteiger partial charge in [-0.3, -0.25) is 4.79 Å². The molecule has 1 aliphatic rings. The van der Waals surface area contributed by atoms with Gasteiger partial charge in [0.05, 0.1) is 5.41 Å². The predicted molar refractivity (Wildman–Crippen MR) is 70.7 cm³/mol. The first-order chi connectivity index (χ1) is 9.13. The van der Waals surface area contributed by atoms with E-state index in [0.29, 0.717) is 18.4 Å². The van der Waals surface area contributed by atoms with Crippen molar-refractivity contribution in [2.24, 2.45) is 0 Å². The Morgan fingerprint density at radius 2 is 2.00 bits per heavy atom. The molecule has 4 heteroatoms. The second-order valence-corrected chi connectivity index (χ2v) is 5.34. The summed E-state index contributed by atoms with van der Waals surface area (Å²) in [5.41, 5.74) is 0.0685. The van der Waals surface area contributed by atoms with Crippen LogP contribution in [-0.2, 0) is 10.2 Å². The number of rotatable bonds is 2. The largest absolute Gasteiger partial charge is 0.481 e. The van der Waals surface area contributed by atoms with Gasteiger partial charge in [-0.1, -0.05) is 19.3 Å². The highest BCUT2D eigenvalue weighted by molar-refractivity contribution is 5.86. The lowest BCUT2D eigenvalue weighted by molar-refractivity contribution is -0.145. The number of aliphatic carboxylic acids is 1. The molecule has 100 valence electrons. The van der Waals surface area contributed by atoms with Crippen molar-refractivity contribution >= 4 is 16.9 Å². The van der Waals surface area contributed by atoms with Crippen LogP contribution in [-0.4, -0.2) is 16.1 Å². The van der Waals surface area contributed by atoms with Crippen LogP contribution in [0.5, 0.6) is 0 Å². The zero-order valence-electron chi connectivity index (χ0n) is 10.6. The number of halogens is 1. The number of H-pyrrole nitrogens is 1. The molecular weight excluding hydrogens is 245 g/mol. The summed E-state index contributed by atoms with van der Waals surface area (Å²) in [5.74, 6) is -1.31. The zero-order chi connectivity index (χ0) is 13.5. The van der Waals surface area contributed by atoms with Crippen LogP contribution in [0.4, 0.5) is 4.39 Å². The molecule has 0 bridgehead atoms. The first kappa shape index (κ1) is 12.2. The SMILES string of the molecule is O=C(O)C1(c2cc3[nH]ccc3cc2F)CCCCC1. The summed E-state index contributed by atoms with van der Waals surface area (Å²) in [5, 5.41) is 10.4. The summed E-state index contributed by atoms with van der Waals surface area (Å²) < 4.78 is 14.3. The van der Waals surface area contributed by atoms with Gasteiger partial charge in [-0.2, -0.15) is 0 Å². The highest BCUT2D eigenvalue weighted by Crippen LogP contribution is 2.41. The van der Waals surface area contributed by atoms with Crippen molar-refractivity contribution in [2.75, 3.05) is 0 Å². The number of carbonyl (C=O) groups is 1. The van der Waals surface area contributed by atoms with Gasteiger partial charge >= 0.3 is 5.97 Å². The molecule has 1 heterocycles. The number of carboxylic acid groups (broad SMARTS) is 1. The lowest BCUT2D eigenvalue weighted by Gasteiger charge is -2.33. The molecule has 1 aliphatic carbocycles. The Hall–Kier alpha value is -1.84. The van der Waals surface area contributed by atoms with Crippen molar-refractivity contribution in [3.8, 4) is 0 Å². The van der Waals surface area contributed by atoms with Crippen LogP contribution in [0, 0.1) is 5.82 Å². The van der Waals surface area contributed by atoms with Crippen molar-refractivity contribution in [2.45, 2.75) is 37.5 Å². The molecule has 2 N–H and O–H groups in total. The maximum absolute atomic E-state index is 14.3. The summed E-state index contributed by atoms with van der Waals surface area (Å²) in [6, 6.07) is 4.89. The Morgan fingerprint density at radius 3 is 2.68 bits per heavy atom. The van der Waals surface area contributed by atoms with Crippen LogP contribution in [0.1, 0.15) is 37.7 Å². The number of aromatic amines is 1. The fraction of sp³-hybridized carbons (Fsp3) is 0.400. The fourth-order valence-electron chi connectivity index (χ4n) is 3.19. The summed E-state index contributed by atoms with van der Waals surface area (Å²) in [7, 11) is 0. The quantitative estimate of drug-likeness (QED) is 0.868. The molecule has 1 saturated carbocycles. The molecule has 0 radical (unpaired) electrons. The highest BCUT2D eigenvalue weighted by Gasteiger charge is 2.43. The topological polar surface area (TPSA) is 53.1 Å². The number of hydrogen-bond acceptors (Lipinski definition) is 1. The van der Waals surface area contributed by atoms with Gasteiger partial charge < -0.3 is 10.1 Å². The van der Waals surface area contributed by atoms with E-state index < -0.39 is 17.2 Å². The summed E-state index contributed by atoms with van der Waals surface area (Å²) in [4.78, 5) is 14.7. The number of nitrogens with one attached hydrogen (secondary N) is 1. The van der Waals surface area contributed by atoms with E-state index >= 15 is 0 Å². The molecule has 0 unspecified atom stereocenters. The van der Waals surface area contributed by atoms with Crippen molar-refractivity contribution in [3.63, 3.8) is 0 Å². The standard InChI is InChI=1S/C15H16FNO2/c16-12-8-10-4-7-17-13(10)9-11(12)15(14(18)19)5-2-1-3-6-15/h4,7-9,17H,1-3,5-6H2,(H,18,19). The van der Waals surface area contributed by atoms with Crippen LogP contribution in [0.3, 0.4) is 0 Å². The van der Waals surface area contributed by atoms with E-state index in [2.05, 4.69) is 4.98 Å². The van der Waals surface area contributed by atoms with Crippen molar-refractivity contribution in [1.82, 2.24) is 4.98 Å². The zero-order valence-corrected chi connectivity index (χ0v) is 10.6. The lowest BCUT2D eigenvalue weighted by Crippen LogP contribution is -2.38. The third kappa shape index (κ3) is 1.82. The Morgan fingerprint density at radius 1 is 1.26 bits per heavy atom. The Labute approximate surface area is 110 Å². The van der Waals surface area contributed by atoms with Gasteiger partial charge in [-0.05, 0) is 31.0 Å². The number of hydrogen-bond donors (Lipinski definition) is 2. The first-order valence-corrected chi connectivity index (χ1v) is 6.64. The number of aromatic nitrogens is 1. The molecular formula is C15H16FNO2. The minimum absolute atomic E-state index is 0.328. The summed E-state index contributed by atoms with van der Waals surface area (Å²) in [6.07, 6.45) is 5.49. The van der Waals surface area contributed by atoms with Gasteiger partial charge in [0.2, 0.25) is 0 Å². The minimum atomic E-state index is -1.05. The van der Waals surface area contributed by atoms with Gasteiger partial charge in [-0.25, -0.2) is 4.39 Å². The Bertz CT molecular complexity index is 626. The maximum atomic E-state index is 14.3. The molecule has 2 aromatic rings. The molecule has 0 aliphatic heterocycles. The monoisotopic (exact) mass is 261 g/mol. The maximum Gasteiger partial charge on any atom is 0.314 e.